The molecule has 0 atom stereocenters. The van der Waals surface area contributed by atoms with Gasteiger partial charge in [-0.05, 0) is 18.2 Å². The van der Waals surface area contributed by atoms with Gasteiger partial charge in [0.1, 0.15) is 5.82 Å². The van der Waals surface area contributed by atoms with Crippen LogP contribution in [0.5, 0.6) is 0 Å². The van der Waals surface area contributed by atoms with Crippen LogP contribution in [0.4, 0.5) is 4.39 Å². The molecule has 2 N–H and O–H groups in total. The topological polar surface area (TPSA) is 75.1 Å². The summed E-state index contributed by atoms with van der Waals surface area (Å²) in [5.41, 5.74) is -1.77. The number of H-pyrrole nitrogens is 1. The fourth-order valence-corrected chi connectivity index (χ4v) is 2.05. The molecule has 0 fully saturated rings. The minimum Gasteiger partial charge on any atom is -0.421 e. The molecular formula is C10H7FN2O3S. The van der Waals surface area contributed by atoms with Crippen molar-refractivity contribution in [3.63, 3.8) is 0 Å². The van der Waals surface area contributed by atoms with Gasteiger partial charge in [-0.1, -0.05) is 22.6 Å². The average Bonchev–Trinajstić information content (AvgIpc) is 2.26. The second-order valence-electron chi connectivity index (χ2n) is 3.15. The van der Waals surface area contributed by atoms with Crippen LogP contribution in [0.3, 0.4) is 0 Å². The van der Waals surface area contributed by atoms with Crippen LogP contribution in [-0.4, -0.2) is 14.9 Å². The molecule has 1 aromatic heterocycles. The van der Waals surface area contributed by atoms with Gasteiger partial charge < -0.3 is 5.21 Å². The molecule has 7 heteroatoms. The smallest absolute Gasteiger partial charge is 0.362 e. The van der Waals surface area contributed by atoms with Gasteiger partial charge in [-0.3, -0.25) is 9.78 Å². The van der Waals surface area contributed by atoms with Crippen LogP contribution in [0.25, 0.3) is 0 Å². The van der Waals surface area contributed by atoms with Crippen LogP contribution in [0, 0.1) is 5.82 Å². The molecule has 2 aromatic rings. The summed E-state index contributed by atoms with van der Waals surface area (Å²) in [6.07, 6.45) is 0. The number of benzene rings is 1. The molecule has 0 saturated heterocycles. The average molecular weight is 254 g/mol. The van der Waals surface area contributed by atoms with Gasteiger partial charge in [-0.15, -0.1) is 0 Å². The quantitative estimate of drug-likeness (QED) is 0.621. The fourth-order valence-electron chi connectivity index (χ4n) is 1.18. The highest BCUT2D eigenvalue weighted by atomic mass is 32.2. The monoisotopic (exact) mass is 254 g/mol. The predicted octanol–water partition coefficient (Wildman–Crippen LogP) is 1.06. The van der Waals surface area contributed by atoms with Gasteiger partial charge in [0.05, 0.1) is 5.03 Å². The van der Waals surface area contributed by atoms with E-state index in [2.05, 4.69) is 4.98 Å². The summed E-state index contributed by atoms with van der Waals surface area (Å²) in [5, 5.41) is 9.16. The lowest BCUT2D eigenvalue weighted by atomic mass is 10.4. The Kier molecular flexibility index (Phi) is 3.01. The molecule has 0 aliphatic rings. The van der Waals surface area contributed by atoms with Crippen molar-refractivity contribution in [2.24, 2.45) is 0 Å². The van der Waals surface area contributed by atoms with Crippen molar-refractivity contribution in [2.45, 2.75) is 9.92 Å². The zero-order valence-corrected chi connectivity index (χ0v) is 9.20. The molecule has 0 aliphatic heterocycles. The lowest BCUT2D eigenvalue weighted by Crippen LogP contribution is -2.32. The molecule has 1 aromatic carbocycles. The first-order valence-corrected chi connectivity index (χ1v) is 5.37. The Morgan fingerprint density at radius 3 is 2.71 bits per heavy atom. The molecular weight excluding hydrogens is 247 g/mol. The number of aromatic nitrogens is 2. The summed E-state index contributed by atoms with van der Waals surface area (Å²) in [5.74, 6) is -0.409. The highest BCUT2D eigenvalue weighted by molar-refractivity contribution is 7.99. The number of nitrogens with one attached hydrogen (secondary N) is 1. The number of hydrogen-bond acceptors (Lipinski definition) is 4. The molecule has 0 radical (unpaired) electrons. The maximum atomic E-state index is 12.9. The van der Waals surface area contributed by atoms with Crippen LogP contribution in [0.2, 0.25) is 0 Å². The number of rotatable bonds is 2. The molecule has 5 nitrogen and oxygen atoms in total. The van der Waals surface area contributed by atoms with Crippen molar-refractivity contribution in [1.82, 2.24) is 9.71 Å². The first kappa shape index (κ1) is 11.5. The zero-order chi connectivity index (χ0) is 12.4. The molecule has 0 unspecified atom stereocenters. The minimum atomic E-state index is -0.934. The van der Waals surface area contributed by atoms with Crippen LogP contribution in [0.15, 0.2) is 49.8 Å². The third-order valence-corrected chi connectivity index (χ3v) is 2.84. The Labute approximate surface area is 98.5 Å². The summed E-state index contributed by atoms with van der Waals surface area (Å²) >= 11 is 1.02. The lowest BCUT2D eigenvalue weighted by Gasteiger charge is -2.01. The summed E-state index contributed by atoms with van der Waals surface area (Å²) in [4.78, 5) is 25.0. The maximum absolute atomic E-state index is 12.9. The van der Waals surface area contributed by atoms with Crippen LogP contribution >= 0.6 is 11.8 Å². The van der Waals surface area contributed by atoms with Crippen molar-refractivity contribution < 1.29 is 9.60 Å². The summed E-state index contributed by atoms with van der Waals surface area (Å²) in [7, 11) is 0. The van der Waals surface area contributed by atoms with E-state index in [9.17, 15) is 14.0 Å². The first-order valence-electron chi connectivity index (χ1n) is 4.55. The number of nitrogens with zero attached hydrogens (tertiary/aromatic N) is 1. The Morgan fingerprint density at radius 2 is 2.06 bits per heavy atom. The van der Waals surface area contributed by atoms with Crippen molar-refractivity contribution in [1.29, 1.82) is 0 Å². The van der Waals surface area contributed by atoms with Gasteiger partial charge in [0.25, 0.3) is 5.56 Å². The SMILES string of the molecule is O=c1cc(Sc2cccc(F)c2)[nH]c(=O)n1O. The first-order chi connectivity index (χ1) is 8.06. The van der Waals surface area contributed by atoms with Gasteiger partial charge in [-0.2, -0.15) is 0 Å². The summed E-state index contributed by atoms with van der Waals surface area (Å²) in [6.45, 7) is 0. The second-order valence-corrected chi connectivity index (χ2v) is 4.26. The van der Waals surface area contributed by atoms with Crippen molar-refractivity contribution in [2.75, 3.05) is 0 Å². The normalized spacial score (nSPS) is 10.4. The lowest BCUT2D eigenvalue weighted by molar-refractivity contribution is 0.159. The summed E-state index contributed by atoms with van der Waals surface area (Å²) in [6, 6.07) is 6.77. The molecule has 2 rings (SSSR count). The molecule has 0 saturated carbocycles. The molecule has 0 amide bonds. The van der Waals surface area contributed by atoms with Crippen molar-refractivity contribution >= 4 is 11.8 Å². The molecule has 88 valence electrons. The molecule has 1 heterocycles. The van der Waals surface area contributed by atoms with E-state index >= 15 is 0 Å². The van der Waals surface area contributed by atoms with E-state index in [0.29, 0.717) is 4.90 Å². The van der Waals surface area contributed by atoms with Crippen molar-refractivity contribution in [3.8, 4) is 0 Å². The molecule has 0 bridgehead atoms. The van der Waals surface area contributed by atoms with E-state index in [1.54, 1.807) is 6.07 Å². The van der Waals surface area contributed by atoms with Crippen LogP contribution in [0.1, 0.15) is 0 Å². The number of hydrogen-bond donors (Lipinski definition) is 2. The zero-order valence-electron chi connectivity index (χ0n) is 8.38. The Balaban J connectivity index is 2.37. The van der Waals surface area contributed by atoms with Gasteiger partial charge in [0, 0.05) is 11.0 Å². The van der Waals surface area contributed by atoms with Crippen LogP contribution < -0.4 is 11.2 Å². The van der Waals surface area contributed by atoms with E-state index < -0.39 is 17.1 Å². The maximum Gasteiger partial charge on any atom is 0.362 e. The standard InChI is InChI=1S/C10H7FN2O3S/c11-6-2-1-3-7(4-6)17-8-5-9(14)13(16)10(15)12-8/h1-5,16H,(H,12,15). The van der Waals surface area contributed by atoms with E-state index in [4.69, 9.17) is 5.21 Å². The van der Waals surface area contributed by atoms with Gasteiger partial charge in [-0.25, -0.2) is 9.18 Å². The minimum absolute atomic E-state index is 0.0321. The predicted molar refractivity (Wildman–Crippen MR) is 59.0 cm³/mol. The fraction of sp³-hybridized carbons (Fsp3) is 0. The Morgan fingerprint density at radius 1 is 1.29 bits per heavy atom. The van der Waals surface area contributed by atoms with Crippen molar-refractivity contribution in [3.05, 3.63) is 57.0 Å². The Bertz CT molecular complexity index is 634. The third kappa shape index (κ3) is 2.56. The second kappa shape index (κ2) is 4.46. The number of halogens is 1. The Hall–Kier alpha value is -2.02. The third-order valence-electron chi connectivity index (χ3n) is 1.91. The van der Waals surface area contributed by atoms with E-state index in [-0.39, 0.29) is 9.76 Å². The highest BCUT2D eigenvalue weighted by Gasteiger charge is 2.04. The van der Waals surface area contributed by atoms with Crippen LogP contribution in [-0.2, 0) is 0 Å². The number of aromatic amines is 1. The molecule has 0 spiro atoms. The largest absolute Gasteiger partial charge is 0.421 e. The van der Waals surface area contributed by atoms with Gasteiger partial charge in [0.2, 0.25) is 0 Å². The molecule has 17 heavy (non-hydrogen) atoms. The van der Waals surface area contributed by atoms with E-state index in [1.807, 2.05) is 0 Å². The van der Waals surface area contributed by atoms with E-state index in [0.717, 1.165) is 17.8 Å². The van der Waals surface area contributed by atoms with Gasteiger partial charge >= 0.3 is 5.69 Å². The van der Waals surface area contributed by atoms with Gasteiger partial charge in [0.15, 0.2) is 0 Å². The highest BCUT2D eigenvalue weighted by Crippen LogP contribution is 2.24. The summed E-state index contributed by atoms with van der Waals surface area (Å²) < 4.78 is 12.9. The van der Waals surface area contributed by atoms with E-state index in [1.165, 1.54) is 18.2 Å². The molecule has 0 aliphatic carbocycles.